The van der Waals surface area contributed by atoms with E-state index < -0.39 is 6.10 Å². The van der Waals surface area contributed by atoms with Crippen LogP contribution in [0.15, 0.2) is 30.6 Å². The van der Waals surface area contributed by atoms with Crippen LogP contribution in [0.5, 0.6) is 0 Å². The molecule has 2 fully saturated rings. The van der Waals surface area contributed by atoms with Crippen molar-refractivity contribution in [2.24, 2.45) is 0 Å². The average molecular weight is 486 g/mol. The summed E-state index contributed by atoms with van der Waals surface area (Å²) in [5.41, 5.74) is 2.78. The lowest BCUT2D eigenvalue weighted by atomic mass is 9.96. The fourth-order valence-corrected chi connectivity index (χ4v) is 5.46. The lowest BCUT2D eigenvalue weighted by Crippen LogP contribution is -2.51. The zero-order valence-electron chi connectivity index (χ0n) is 19.5. The van der Waals surface area contributed by atoms with E-state index >= 15 is 0 Å². The van der Waals surface area contributed by atoms with Crippen LogP contribution in [0.3, 0.4) is 0 Å². The van der Waals surface area contributed by atoms with Crippen LogP contribution in [-0.4, -0.2) is 77.9 Å². The summed E-state index contributed by atoms with van der Waals surface area (Å²) in [6.07, 6.45) is 2.67. The first kappa shape index (κ1) is 23.5. The van der Waals surface area contributed by atoms with Gasteiger partial charge in [0.15, 0.2) is 0 Å². The number of fused-ring (bicyclic) bond motifs is 1. The molecule has 0 bridgehead atoms. The summed E-state index contributed by atoms with van der Waals surface area (Å²) < 4.78 is 5.48. The predicted octanol–water partition coefficient (Wildman–Crippen LogP) is 2.48. The molecule has 0 spiro atoms. The highest BCUT2D eigenvalue weighted by molar-refractivity contribution is 6.30. The molecule has 1 amide bonds. The summed E-state index contributed by atoms with van der Waals surface area (Å²) in [5.74, 6) is 0.979. The summed E-state index contributed by atoms with van der Waals surface area (Å²) in [5, 5.41) is 14.5. The lowest BCUT2D eigenvalue weighted by molar-refractivity contribution is -0.133. The van der Waals surface area contributed by atoms with Gasteiger partial charge in [0.1, 0.15) is 12.1 Å². The molecule has 1 aromatic carbocycles. The van der Waals surface area contributed by atoms with Crippen LogP contribution >= 0.6 is 11.6 Å². The van der Waals surface area contributed by atoms with E-state index in [2.05, 4.69) is 27.1 Å². The topological polar surface area (TPSA) is 90.8 Å². The molecule has 182 valence electrons. The number of aliphatic hydroxyl groups is 1. The van der Waals surface area contributed by atoms with Crippen LogP contribution in [0.4, 0.5) is 5.82 Å². The number of nitrogens with one attached hydrogen (secondary N) is 1. The van der Waals surface area contributed by atoms with Gasteiger partial charge < -0.3 is 25.0 Å². The highest BCUT2D eigenvalue weighted by Crippen LogP contribution is 2.42. The van der Waals surface area contributed by atoms with Gasteiger partial charge in [-0.05, 0) is 36.5 Å². The van der Waals surface area contributed by atoms with Crippen molar-refractivity contribution in [2.45, 2.75) is 43.7 Å². The fraction of sp³-hybridized carbons (Fsp3) is 0.560. The molecule has 2 aromatic rings. The Labute approximate surface area is 205 Å². The van der Waals surface area contributed by atoms with Crippen molar-refractivity contribution < 1.29 is 14.6 Å². The first-order valence-electron chi connectivity index (χ1n) is 12.1. The number of carbonyl (C=O) groups excluding carboxylic acids is 1. The van der Waals surface area contributed by atoms with Crippen molar-refractivity contribution in [2.75, 3.05) is 50.8 Å². The minimum atomic E-state index is -0.521. The molecule has 1 aromatic heterocycles. The Bertz CT molecular complexity index is 1010. The second-order valence-electron chi connectivity index (χ2n) is 9.53. The van der Waals surface area contributed by atoms with Gasteiger partial charge in [-0.15, -0.1) is 0 Å². The minimum absolute atomic E-state index is 0.130. The lowest BCUT2D eigenvalue weighted by Gasteiger charge is -2.38. The van der Waals surface area contributed by atoms with E-state index in [1.165, 1.54) is 0 Å². The Balaban J connectivity index is 1.28. The van der Waals surface area contributed by atoms with Crippen molar-refractivity contribution in [3.05, 3.63) is 52.4 Å². The van der Waals surface area contributed by atoms with E-state index in [4.69, 9.17) is 16.3 Å². The molecule has 2 saturated heterocycles. The summed E-state index contributed by atoms with van der Waals surface area (Å²) in [6, 6.07) is 7.88. The molecule has 0 saturated carbocycles. The van der Waals surface area contributed by atoms with Crippen molar-refractivity contribution in [3.63, 3.8) is 0 Å². The molecular formula is C25H32ClN5O3. The number of aliphatic hydroxyl groups excluding tert-OH is 1. The van der Waals surface area contributed by atoms with Crippen LogP contribution < -0.4 is 10.2 Å². The molecule has 0 radical (unpaired) electrons. The average Bonchev–Trinajstić information content (AvgIpc) is 3.48. The Kier molecular flexibility index (Phi) is 7.01. The summed E-state index contributed by atoms with van der Waals surface area (Å²) in [7, 11) is 0. The van der Waals surface area contributed by atoms with E-state index in [9.17, 15) is 9.90 Å². The first-order chi connectivity index (χ1) is 16.5. The first-order valence-corrected chi connectivity index (χ1v) is 12.5. The summed E-state index contributed by atoms with van der Waals surface area (Å²) in [4.78, 5) is 26.7. The fourth-order valence-electron chi connectivity index (χ4n) is 5.34. The highest BCUT2D eigenvalue weighted by atomic mass is 35.5. The predicted molar refractivity (Wildman–Crippen MR) is 130 cm³/mol. The van der Waals surface area contributed by atoms with E-state index in [0.29, 0.717) is 50.8 Å². The van der Waals surface area contributed by atoms with Gasteiger partial charge >= 0.3 is 0 Å². The van der Waals surface area contributed by atoms with E-state index in [1.807, 2.05) is 29.2 Å². The van der Waals surface area contributed by atoms with Crippen LogP contribution in [0, 0.1) is 0 Å². The third kappa shape index (κ3) is 4.77. The van der Waals surface area contributed by atoms with Crippen molar-refractivity contribution in [1.29, 1.82) is 0 Å². The number of rotatable bonds is 6. The quantitative estimate of drug-likeness (QED) is 0.649. The number of hydrogen-bond acceptors (Lipinski definition) is 7. The maximum Gasteiger partial charge on any atom is 0.231 e. The SMILES string of the molecule is C[C@@H]1C[C@H](O)c2ncnc(N3CCN(C(=O)C(CNC4CCOC4)c4ccc(Cl)cc4)CC3)c21. The molecule has 2 N–H and O–H groups in total. The van der Waals surface area contributed by atoms with Crippen LogP contribution in [0.2, 0.25) is 5.02 Å². The molecule has 5 rings (SSSR count). The number of carbonyl (C=O) groups is 1. The van der Waals surface area contributed by atoms with E-state index in [-0.39, 0.29) is 23.8 Å². The zero-order chi connectivity index (χ0) is 23.7. The molecule has 9 heteroatoms. The molecular weight excluding hydrogens is 454 g/mol. The smallest absolute Gasteiger partial charge is 0.231 e. The number of benzene rings is 1. The number of aromatic nitrogens is 2. The number of amides is 1. The van der Waals surface area contributed by atoms with Gasteiger partial charge in [-0.3, -0.25) is 4.79 Å². The number of nitrogens with zero attached hydrogens (tertiary/aromatic N) is 4. The molecule has 4 atom stereocenters. The third-order valence-electron chi connectivity index (χ3n) is 7.28. The van der Waals surface area contributed by atoms with Crippen molar-refractivity contribution in [1.82, 2.24) is 20.2 Å². The van der Waals surface area contributed by atoms with Gasteiger partial charge in [0.05, 0.1) is 24.3 Å². The Morgan fingerprint density at radius 3 is 2.71 bits per heavy atom. The van der Waals surface area contributed by atoms with Gasteiger partial charge in [0, 0.05) is 56.0 Å². The molecule has 34 heavy (non-hydrogen) atoms. The van der Waals surface area contributed by atoms with Crippen molar-refractivity contribution in [3.8, 4) is 0 Å². The number of ether oxygens (including phenoxy) is 1. The number of hydrogen-bond donors (Lipinski definition) is 2. The highest BCUT2D eigenvalue weighted by Gasteiger charge is 2.35. The number of anilines is 1. The summed E-state index contributed by atoms with van der Waals surface area (Å²) >= 11 is 6.10. The second kappa shape index (κ2) is 10.2. The molecule has 3 heterocycles. The molecule has 8 nitrogen and oxygen atoms in total. The van der Waals surface area contributed by atoms with E-state index in [0.717, 1.165) is 35.7 Å². The normalized spacial score (nSPS) is 25.4. The van der Waals surface area contributed by atoms with Crippen LogP contribution in [-0.2, 0) is 9.53 Å². The van der Waals surface area contributed by atoms with Crippen LogP contribution in [0.1, 0.15) is 54.5 Å². The monoisotopic (exact) mass is 485 g/mol. The van der Waals surface area contributed by atoms with Gasteiger partial charge in [0.25, 0.3) is 0 Å². The number of halogens is 1. The third-order valence-corrected chi connectivity index (χ3v) is 7.53. The second-order valence-corrected chi connectivity index (χ2v) is 9.97. The van der Waals surface area contributed by atoms with Gasteiger partial charge in [-0.25, -0.2) is 9.97 Å². The molecule has 2 aliphatic heterocycles. The zero-order valence-corrected chi connectivity index (χ0v) is 20.2. The number of piperazine rings is 1. The molecule has 3 aliphatic rings. The minimum Gasteiger partial charge on any atom is -0.387 e. The van der Waals surface area contributed by atoms with Gasteiger partial charge in [-0.1, -0.05) is 30.7 Å². The van der Waals surface area contributed by atoms with Crippen LogP contribution in [0.25, 0.3) is 0 Å². The Morgan fingerprint density at radius 1 is 1.24 bits per heavy atom. The summed E-state index contributed by atoms with van der Waals surface area (Å²) in [6.45, 7) is 6.81. The van der Waals surface area contributed by atoms with Crippen molar-refractivity contribution >= 4 is 23.3 Å². The van der Waals surface area contributed by atoms with Gasteiger partial charge in [0.2, 0.25) is 5.91 Å². The maximum absolute atomic E-state index is 13.7. The standard InChI is InChI=1S/C25H32ClN5O3/c1-16-12-21(32)23-22(16)24(29-15-28-23)30-7-9-31(10-8-30)25(33)20(13-27-19-6-11-34-14-19)17-2-4-18(26)5-3-17/h2-5,15-16,19-21,27,32H,6-14H2,1H3/t16-,19?,20?,21+/m1/s1. The molecule has 2 unspecified atom stereocenters. The Hall–Kier alpha value is -2.26. The Morgan fingerprint density at radius 2 is 2.00 bits per heavy atom. The van der Waals surface area contributed by atoms with Gasteiger partial charge in [-0.2, -0.15) is 0 Å². The largest absolute Gasteiger partial charge is 0.387 e. The maximum atomic E-state index is 13.7. The van der Waals surface area contributed by atoms with E-state index in [1.54, 1.807) is 6.33 Å². The molecule has 1 aliphatic carbocycles.